The SMILES string of the molecule is COc1ccccc1CC1=NCC(CCC(=O)O)O1. The molecular weight excluding hydrogens is 246 g/mol. The highest BCUT2D eigenvalue weighted by atomic mass is 16.5. The molecular formula is C14H17NO4. The molecule has 0 saturated carbocycles. The number of carboxylic acid groups (broad SMARTS) is 1. The van der Waals surface area contributed by atoms with Crippen LogP contribution in [0.5, 0.6) is 5.75 Å². The van der Waals surface area contributed by atoms with Crippen molar-refractivity contribution in [3.05, 3.63) is 29.8 Å². The largest absolute Gasteiger partial charge is 0.496 e. The van der Waals surface area contributed by atoms with Crippen molar-refractivity contribution in [3.8, 4) is 5.75 Å². The number of hydrogen-bond donors (Lipinski definition) is 1. The fourth-order valence-corrected chi connectivity index (χ4v) is 2.01. The summed E-state index contributed by atoms with van der Waals surface area (Å²) in [7, 11) is 1.63. The molecule has 1 atom stereocenters. The highest BCUT2D eigenvalue weighted by Crippen LogP contribution is 2.21. The zero-order valence-electron chi connectivity index (χ0n) is 10.8. The summed E-state index contributed by atoms with van der Waals surface area (Å²) in [5, 5.41) is 8.63. The standard InChI is InChI=1S/C14H17NO4/c1-18-12-5-3-2-4-10(12)8-13-15-9-11(19-13)6-7-14(16)17/h2-5,11H,6-9H2,1H3,(H,16,17). The lowest BCUT2D eigenvalue weighted by molar-refractivity contribution is -0.137. The van der Waals surface area contributed by atoms with E-state index in [0.29, 0.717) is 25.3 Å². The molecule has 5 heteroatoms. The lowest BCUT2D eigenvalue weighted by atomic mass is 10.1. The molecule has 0 aromatic heterocycles. The Kier molecular flexibility index (Phi) is 4.39. The number of carboxylic acids is 1. The van der Waals surface area contributed by atoms with Crippen molar-refractivity contribution in [2.45, 2.75) is 25.4 Å². The zero-order valence-corrected chi connectivity index (χ0v) is 10.8. The van der Waals surface area contributed by atoms with Gasteiger partial charge < -0.3 is 14.6 Å². The fraction of sp³-hybridized carbons (Fsp3) is 0.429. The quantitative estimate of drug-likeness (QED) is 0.851. The third-order valence-electron chi connectivity index (χ3n) is 2.99. The van der Waals surface area contributed by atoms with Gasteiger partial charge in [0.25, 0.3) is 0 Å². The highest BCUT2D eigenvalue weighted by molar-refractivity contribution is 5.81. The van der Waals surface area contributed by atoms with Crippen LogP contribution in [0.3, 0.4) is 0 Å². The van der Waals surface area contributed by atoms with Crippen molar-refractivity contribution in [1.82, 2.24) is 0 Å². The topological polar surface area (TPSA) is 68.1 Å². The van der Waals surface area contributed by atoms with Gasteiger partial charge in [-0.2, -0.15) is 0 Å². The number of benzene rings is 1. The highest BCUT2D eigenvalue weighted by Gasteiger charge is 2.21. The second-order valence-electron chi connectivity index (χ2n) is 4.40. The summed E-state index contributed by atoms with van der Waals surface area (Å²) in [5.41, 5.74) is 1.02. The monoisotopic (exact) mass is 263 g/mol. The van der Waals surface area contributed by atoms with Crippen LogP contribution in [0.25, 0.3) is 0 Å². The average Bonchev–Trinajstić information content (AvgIpc) is 2.85. The van der Waals surface area contributed by atoms with E-state index in [-0.39, 0.29) is 12.5 Å². The van der Waals surface area contributed by atoms with Crippen LogP contribution in [-0.4, -0.2) is 36.7 Å². The Morgan fingerprint density at radius 2 is 2.32 bits per heavy atom. The molecule has 19 heavy (non-hydrogen) atoms. The molecule has 1 aliphatic heterocycles. The molecule has 5 nitrogen and oxygen atoms in total. The van der Waals surface area contributed by atoms with Gasteiger partial charge in [-0.15, -0.1) is 0 Å². The molecule has 1 unspecified atom stereocenters. The maximum atomic E-state index is 10.5. The van der Waals surface area contributed by atoms with Gasteiger partial charge in [-0.3, -0.25) is 9.79 Å². The van der Waals surface area contributed by atoms with Crippen molar-refractivity contribution < 1.29 is 19.4 Å². The first-order valence-electron chi connectivity index (χ1n) is 6.22. The summed E-state index contributed by atoms with van der Waals surface area (Å²) in [5.74, 6) is 0.657. The van der Waals surface area contributed by atoms with Gasteiger partial charge in [0.1, 0.15) is 11.9 Å². The van der Waals surface area contributed by atoms with Crippen LogP contribution in [0.1, 0.15) is 18.4 Å². The summed E-state index contributed by atoms with van der Waals surface area (Å²) < 4.78 is 10.9. The van der Waals surface area contributed by atoms with Gasteiger partial charge in [-0.1, -0.05) is 18.2 Å². The molecule has 1 heterocycles. The molecule has 1 aliphatic rings. The fourth-order valence-electron chi connectivity index (χ4n) is 2.01. The first-order chi connectivity index (χ1) is 9.19. The molecule has 0 bridgehead atoms. The summed E-state index contributed by atoms with van der Waals surface area (Å²) in [4.78, 5) is 14.8. The first kappa shape index (κ1) is 13.4. The van der Waals surface area contributed by atoms with Crippen molar-refractivity contribution in [2.75, 3.05) is 13.7 Å². The maximum absolute atomic E-state index is 10.5. The summed E-state index contributed by atoms with van der Waals surface area (Å²) >= 11 is 0. The third-order valence-corrected chi connectivity index (χ3v) is 2.99. The molecule has 1 N–H and O–H groups in total. The molecule has 0 aliphatic carbocycles. The van der Waals surface area contributed by atoms with Gasteiger partial charge in [0, 0.05) is 12.0 Å². The molecule has 2 rings (SSSR count). The van der Waals surface area contributed by atoms with Crippen LogP contribution in [0.2, 0.25) is 0 Å². The second-order valence-corrected chi connectivity index (χ2v) is 4.40. The molecule has 0 fully saturated rings. The van der Waals surface area contributed by atoms with Crippen LogP contribution in [0, 0.1) is 0 Å². The lowest BCUT2D eigenvalue weighted by Gasteiger charge is -2.11. The molecule has 0 saturated heterocycles. The predicted molar refractivity (Wildman–Crippen MR) is 70.7 cm³/mol. The Morgan fingerprint density at radius 3 is 3.05 bits per heavy atom. The number of carbonyl (C=O) groups is 1. The molecule has 0 amide bonds. The van der Waals surface area contributed by atoms with Crippen LogP contribution in [0.15, 0.2) is 29.3 Å². The normalized spacial score (nSPS) is 17.7. The Morgan fingerprint density at radius 1 is 1.53 bits per heavy atom. The van der Waals surface area contributed by atoms with E-state index < -0.39 is 5.97 Å². The third kappa shape index (κ3) is 3.71. The lowest BCUT2D eigenvalue weighted by Crippen LogP contribution is -2.16. The molecule has 1 aromatic rings. The summed E-state index contributed by atoms with van der Waals surface area (Å²) in [6.45, 7) is 0.539. The van der Waals surface area contributed by atoms with E-state index in [1.807, 2.05) is 24.3 Å². The van der Waals surface area contributed by atoms with Crippen molar-refractivity contribution in [2.24, 2.45) is 4.99 Å². The zero-order chi connectivity index (χ0) is 13.7. The minimum Gasteiger partial charge on any atom is -0.496 e. The van der Waals surface area contributed by atoms with E-state index in [0.717, 1.165) is 11.3 Å². The van der Waals surface area contributed by atoms with E-state index in [1.54, 1.807) is 7.11 Å². The van der Waals surface area contributed by atoms with Crippen LogP contribution >= 0.6 is 0 Å². The smallest absolute Gasteiger partial charge is 0.303 e. The van der Waals surface area contributed by atoms with E-state index in [4.69, 9.17) is 14.6 Å². The minimum absolute atomic E-state index is 0.110. The van der Waals surface area contributed by atoms with Gasteiger partial charge in [0.2, 0.25) is 0 Å². The molecule has 1 aromatic carbocycles. The van der Waals surface area contributed by atoms with Crippen LogP contribution in [0.4, 0.5) is 0 Å². The Hall–Kier alpha value is -2.04. The molecule has 0 spiro atoms. The minimum atomic E-state index is -0.804. The van der Waals surface area contributed by atoms with Crippen LogP contribution in [-0.2, 0) is 16.0 Å². The number of para-hydroxylation sites is 1. The number of nitrogens with zero attached hydrogens (tertiary/aromatic N) is 1. The maximum Gasteiger partial charge on any atom is 0.303 e. The second kappa shape index (κ2) is 6.22. The first-order valence-corrected chi connectivity index (χ1v) is 6.22. The van der Waals surface area contributed by atoms with Gasteiger partial charge in [-0.05, 0) is 12.5 Å². The number of ether oxygens (including phenoxy) is 2. The summed E-state index contributed by atoms with van der Waals surface area (Å²) in [6.07, 6.45) is 1.07. The number of rotatable bonds is 6. The number of methoxy groups -OCH3 is 1. The Labute approximate surface area is 111 Å². The van der Waals surface area contributed by atoms with Gasteiger partial charge in [0.05, 0.1) is 20.1 Å². The van der Waals surface area contributed by atoms with Crippen molar-refractivity contribution in [1.29, 1.82) is 0 Å². The van der Waals surface area contributed by atoms with E-state index in [2.05, 4.69) is 4.99 Å². The van der Waals surface area contributed by atoms with E-state index in [9.17, 15) is 4.79 Å². The van der Waals surface area contributed by atoms with Gasteiger partial charge in [-0.25, -0.2) is 0 Å². The van der Waals surface area contributed by atoms with Crippen molar-refractivity contribution in [3.63, 3.8) is 0 Å². The van der Waals surface area contributed by atoms with E-state index in [1.165, 1.54) is 0 Å². The number of hydrogen-bond acceptors (Lipinski definition) is 4. The average molecular weight is 263 g/mol. The molecule has 0 radical (unpaired) electrons. The summed E-state index contributed by atoms with van der Waals surface area (Å²) in [6, 6.07) is 7.71. The van der Waals surface area contributed by atoms with E-state index >= 15 is 0 Å². The Balaban J connectivity index is 1.89. The Bertz CT molecular complexity index is 484. The van der Waals surface area contributed by atoms with Crippen molar-refractivity contribution >= 4 is 11.9 Å². The van der Waals surface area contributed by atoms with Gasteiger partial charge in [0.15, 0.2) is 5.90 Å². The van der Waals surface area contributed by atoms with Gasteiger partial charge >= 0.3 is 5.97 Å². The predicted octanol–water partition coefficient (Wildman–Crippen LogP) is 1.90. The number of aliphatic carboxylic acids is 1. The number of aliphatic imine (C=N–C) groups is 1. The molecule has 102 valence electrons. The van der Waals surface area contributed by atoms with Crippen LogP contribution < -0.4 is 4.74 Å².